The zero-order chi connectivity index (χ0) is 21.9. The number of ether oxygens (including phenoxy) is 2. The van der Waals surface area contributed by atoms with Gasteiger partial charge in [0, 0.05) is 41.5 Å². The molecule has 2 aromatic heterocycles. The number of amides is 1. The highest BCUT2D eigenvalue weighted by molar-refractivity contribution is 6.01. The van der Waals surface area contributed by atoms with Crippen molar-refractivity contribution in [1.82, 2.24) is 9.55 Å². The summed E-state index contributed by atoms with van der Waals surface area (Å²) in [6.07, 6.45) is 6.08. The zero-order valence-corrected chi connectivity index (χ0v) is 17.3. The Morgan fingerprint density at radius 2 is 1.91 bits per heavy atom. The fraction of sp³-hybridized carbons (Fsp3) is 0.160. The molecule has 160 valence electrons. The Bertz CT molecular complexity index is 1350. The molecule has 0 aliphatic carbocycles. The van der Waals surface area contributed by atoms with Gasteiger partial charge in [0.1, 0.15) is 0 Å². The molecule has 0 spiro atoms. The van der Waals surface area contributed by atoms with Crippen LogP contribution < -0.4 is 20.3 Å². The van der Waals surface area contributed by atoms with Gasteiger partial charge in [-0.2, -0.15) is 0 Å². The van der Waals surface area contributed by atoms with E-state index in [0.717, 1.165) is 22.3 Å². The van der Waals surface area contributed by atoms with E-state index in [-0.39, 0.29) is 18.3 Å². The van der Waals surface area contributed by atoms with Crippen LogP contribution in [0.25, 0.3) is 10.8 Å². The standard InChI is InChI=1S/C25H21N3O4/c29-24(9-7-17-6-8-22-23(13-17)32-16-31-22)27-21-5-1-4-20-19(21)10-12-28(25(20)30)15-18-3-2-11-26-14-18/h1-6,8,10-14H,7,9,15-16H2,(H,27,29). The van der Waals surface area contributed by atoms with E-state index in [2.05, 4.69) is 10.3 Å². The molecule has 0 saturated heterocycles. The summed E-state index contributed by atoms with van der Waals surface area (Å²) in [6, 6.07) is 16.7. The predicted molar refractivity (Wildman–Crippen MR) is 121 cm³/mol. The van der Waals surface area contributed by atoms with Gasteiger partial charge in [-0.3, -0.25) is 14.6 Å². The molecule has 1 aliphatic heterocycles. The van der Waals surface area contributed by atoms with Crippen molar-refractivity contribution in [3.05, 3.63) is 94.7 Å². The van der Waals surface area contributed by atoms with E-state index in [1.165, 1.54) is 0 Å². The van der Waals surface area contributed by atoms with Crippen LogP contribution in [0.3, 0.4) is 0 Å². The average molecular weight is 427 g/mol. The van der Waals surface area contributed by atoms with Crippen LogP contribution in [0.4, 0.5) is 5.69 Å². The average Bonchev–Trinajstić information content (AvgIpc) is 3.29. The van der Waals surface area contributed by atoms with Crippen LogP contribution in [-0.2, 0) is 17.8 Å². The van der Waals surface area contributed by atoms with Crippen molar-refractivity contribution in [3.8, 4) is 11.5 Å². The first-order valence-electron chi connectivity index (χ1n) is 10.4. The summed E-state index contributed by atoms with van der Waals surface area (Å²) < 4.78 is 12.4. The highest BCUT2D eigenvalue weighted by atomic mass is 16.7. The van der Waals surface area contributed by atoms with Crippen LogP contribution in [0.5, 0.6) is 11.5 Å². The second kappa shape index (κ2) is 8.55. The lowest BCUT2D eigenvalue weighted by atomic mass is 10.1. The fourth-order valence-electron chi connectivity index (χ4n) is 3.81. The van der Waals surface area contributed by atoms with Crippen LogP contribution in [0.1, 0.15) is 17.5 Å². The Hall–Kier alpha value is -4.13. The van der Waals surface area contributed by atoms with Crippen molar-refractivity contribution in [3.63, 3.8) is 0 Å². The Kier molecular flexibility index (Phi) is 5.29. The van der Waals surface area contributed by atoms with Gasteiger partial charge in [-0.25, -0.2) is 0 Å². The second-order valence-electron chi connectivity index (χ2n) is 7.61. The summed E-state index contributed by atoms with van der Waals surface area (Å²) in [6.45, 7) is 0.666. The third kappa shape index (κ3) is 4.05. The minimum Gasteiger partial charge on any atom is -0.454 e. The number of aromatic nitrogens is 2. The number of carbonyl (C=O) groups is 1. The van der Waals surface area contributed by atoms with Crippen LogP contribution >= 0.6 is 0 Å². The Morgan fingerprint density at radius 3 is 2.78 bits per heavy atom. The Labute approximate surface area is 184 Å². The molecule has 5 rings (SSSR count). The topological polar surface area (TPSA) is 82.5 Å². The normalized spacial score (nSPS) is 12.1. The summed E-state index contributed by atoms with van der Waals surface area (Å²) in [7, 11) is 0. The fourth-order valence-corrected chi connectivity index (χ4v) is 3.81. The van der Waals surface area contributed by atoms with Gasteiger partial charge in [0.15, 0.2) is 11.5 Å². The third-order valence-electron chi connectivity index (χ3n) is 5.45. The molecule has 32 heavy (non-hydrogen) atoms. The molecule has 1 amide bonds. The number of aryl methyl sites for hydroxylation is 1. The quantitative estimate of drug-likeness (QED) is 0.507. The first-order valence-corrected chi connectivity index (χ1v) is 10.4. The molecule has 0 radical (unpaired) electrons. The number of fused-ring (bicyclic) bond motifs is 2. The zero-order valence-electron chi connectivity index (χ0n) is 17.3. The maximum Gasteiger partial charge on any atom is 0.258 e. The minimum absolute atomic E-state index is 0.109. The predicted octanol–water partition coefficient (Wildman–Crippen LogP) is 3.74. The van der Waals surface area contributed by atoms with Crippen molar-refractivity contribution in [1.29, 1.82) is 0 Å². The Morgan fingerprint density at radius 1 is 1.00 bits per heavy atom. The highest BCUT2D eigenvalue weighted by Gasteiger charge is 2.14. The Balaban J connectivity index is 1.31. The number of anilines is 1. The van der Waals surface area contributed by atoms with Gasteiger partial charge in [0.25, 0.3) is 5.56 Å². The largest absolute Gasteiger partial charge is 0.454 e. The number of rotatable bonds is 6. The van der Waals surface area contributed by atoms with Gasteiger partial charge in [0.2, 0.25) is 12.7 Å². The van der Waals surface area contributed by atoms with Crippen LogP contribution in [-0.4, -0.2) is 22.3 Å². The van der Waals surface area contributed by atoms with Gasteiger partial charge in [-0.1, -0.05) is 18.2 Å². The lowest BCUT2D eigenvalue weighted by Gasteiger charge is -2.11. The van der Waals surface area contributed by atoms with Gasteiger partial charge in [-0.15, -0.1) is 0 Å². The van der Waals surface area contributed by atoms with Crippen molar-refractivity contribution in [2.24, 2.45) is 0 Å². The molecule has 0 unspecified atom stereocenters. The molecule has 7 nitrogen and oxygen atoms in total. The van der Waals surface area contributed by atoms with Crippen molar-refractivity contribution in [2.45, 2.75) is 19.4 Å². The number of nitrogens with zero attached hydrogens (tertiary/aromatic N) is 2. The first-order chi connectivity index (χ1) is 15.7. The maximum atomic E-state index is 13.0. The molecule has 3 heterocycles. The molecule has 0 bridgehead atoms. The van der Waals surface area contributed by atoms with Crippen LogP contribution in [0.2, 0.25) is 0 Å². The molecule has 0 fully saturated rings. The monoisotopic (exact) mass is 427 g/mol. The SMILES string of the molecule is O=C(CCc1ccc2c(c1)OCO2)Nc1cccc2c(=O)n(Cc3cccnc3)ccc12. The molecule has 2 aromatic carbocycles. The van der Waals surface area contributed by atoms with Crippen LogP contribution in [0, 0.1) is 0 Å². The summed E-state index contributed by atoms with van der Waals surface area (Å²) in [5.41, 5.74) is 2.47. The summed E-state index contributed by atoms with van der Waals surface area (Å²) in [4.78, 5) is 29.7. The number of nitrogens with one attached hydrogen (secondary N) is 1. The summed E-state index contributed by atoms with van der Waals surface area (Å²) in [5, 5.41) is 4.23. The van der Waals surface area contributed by atoms with Gasteiger partial charge < -0.3 is 19.4 Å². The van der Waals surface area contributed by atoms with Crippen molar-refractivity contribution >= 4 is 22.4 Å². The van der Waals surface area contributed by atoms with Gasteiger partial charge >= 0.3 is 0 Å². The molecule has 4 aromatic rings. The number of hydrogen-bond acceptors (Lipinski definition) is 5. The number of pyridine rings is 2. The van der Waals surface area contributed by atoms with E-state index in [0.29, 0.717) is 36.2 Å². The van der Waals surface area contributed by atoms with E-state index < -0.39 is 0 Å². The lowest BCUT2D eigenvalue weighted by molar-refractivity contribution is -0.116. The number of benzene rings is 2. The second-order valence-corrected chi connectivity index (χ2v) is 7.61. The number of hydrogen-bond donors (Lipinski definition) is 1. The lowest BCUT2D eigenvalue weighted by Crippen LogP contribution is -2.21. The van der Waals surface area contributed by atoms with Gasteiger partial charge in [-0.05, 0) is 53.9 Å². The smallest absolute Gasteiger partial charge is 0.258 e. The van der Waals surface area contributed by atoms with E-state index in [4.69, 9.17) is 9.47 Å². The molecule has 1 aliphatic rings. The molecular weight excluding hydrogens is 406 g/mol. The van der Waals surface area contributed by atoms with Crippen molar-refractivity contribution < 1.29 is 14.3 Å². The molecule has 7 heteroatoms. The third-order valence-corrected chi connectivity index (χ3v) is 5.45. The number of carbonyl (C=O) groups excluding carboxylic acids is 1. The minimum atomic E-state index is -0.116. The molecule has 0 atom stereocenters. The molecule has 1 N–H and O–H groups in total. The molecule has 0 saturated carbocycles. The summed E-state index contributed by atoms with van der Waals surface area (Å²) >= 11 is 0. The highest BCUT2D eigenvalue weighted by Crippen LogP contribution is 2.32. The summed E-state index contributed by atoms with van der Waals surface area (Å²) in [5.74, 6) is 1.32. The molecular formula is C25H21N3O4. The maximum absolute atomic E-state index is 13.0. The first kappa shape index (κ1) is 19.8. The van der Waals surface area contributed by atoms with Crippen LogP contribution in [0.15, 0.2) is 78.0 Å². The van der Waals surface area contributed by atoms with Crippen molar-refractivity contribution in [2.75, 3.05) is 12.1 Å². The van der Waals surface area contributed by atoms with E-state index >= 15 is 0 Å². The van der Waals surface area contributed by atoms with Gasteiger partial charge in [0.05, 0.1) is 6.54 Å². The van der Waals surface area contributed by atoms with E-state index in [1.807, 2.05) is 42.5 Å². The van der Waals surface area contributed by atoms with E-state index in [1.54, 1.807) is 35.3 Å². The van der Waals surface area contributed by atoms with E-state index in [9.17, 15) is 9.59 Å².